The lowest BCUT2D eigenvalue weighted by Gasteiger charge is -2.32. The molecule has 10 heteroatoms. The van der Waals surface area contributed by atoms with E-state index >= 15 is 0 Å². The molecule has 0 aromatic carbocycles. The van der Waals surface area contributed by atoms with Crippen LogP contribution >= 0.6 is 0 Å². The molecular weight excluding hydrogens is 297 g/mol. The van der Waals surface area contributed by atoms with Crippen molar-refractivity contribution in [2.24, 2.45) is 5.92 Å². The van der Waals surface area contributed by atoms with Crippen LogP contribution in [0.2, 0.25) is 0 Å². The zero-order valence-corrected chi connectivity index (χ0v) is 11.2. The van der Waals surface area contributed by atoms with Crippen LogP contribution in [0.5, 0.6) is 0 Å². The van der Waals surface area contributed by atoms with Gasteiger partial charge in [0.2, 0.25) is 16.0 Å². The van der Waals surface area contributed by atoms with Crippen molar-refractivity contribution in [1.29, 1.82) is 0 Å². The number of piperidine rings is 1. The Balaban J connectivity index is 2.23. The second-order valence-electron chi connectivity index (χ2n) is 4.52. The zero-order chi connectivity index (χ0) is 15.0. The van der Waals surface area contributed by atoms with Gasteiger partial charge in [-0.1, -0.05) is 0 Å². The Morgan fingerprint density at radius 3 is 2.45 bits per heavy atom. The van der Waals surface area contributed by atoms with Gasteiger partial charge in [-0.3, -0.25) is 0 Å². The average Bonchev–Trinajstić information content (AvgIpc) is 2.38. The summed E-state index contributed by atoms with van der Waals surface area (Å²) >= 11 is 0. The molecule has 1 aromatic heterocycles. The predicted octanol–water partition coefficient (Wildman–Crippen LogP) is 1.02. The van der Waals surface area contributed by atoms with E-state index in [-0.39, 0.29) is 30.2 Å². The van der Waals surface area contributed by atoms with Crippen LogP contribution in [0.15, 0.2) is 17.3 Å². The molecule has 2 N–H and O–H groups in total. The van der Waals surface area contributed by atoms with E-state index in [1.165, 1.54) is 0 Å². The Bertz CT molecular complexity index is 573. The van der Waals surface area contributed by atoms with Gasteiger partial charge in [0.15, 0.2) is 0 Å². The smallest absolute Gasteiger partial charge is 0.368 e. The molecule has 0 bridgehead atoms. The number of sulfonamides is 1. The Hall–Kier alpha value is -1.42. The van der Waals surface area contributed by atoms with Crippen LogP contribution in [0, 0.1) is 5.92 Å². The summed E-state index contributed by atoms with van der Waals surface area (Å²) in [6.45, 7) is -0.518. The lowest BCUT2D eigenvalue weighted by Crippen LogP contribution is -2.44. The van der Waals surface area contributed by atoms with Crippen LogP contribution in [0.3, 0.4) is 0 Å². The van der Waals surface area contributed by atoms with Gasteiger partial charge in [-0.25, -0.2) is 18.4 Å². The molecule has 1 atom stereocenters. The molecule has 20 heavy (non-hydrogen) atoms. The highest BCUT2D eigenvalue weighted by Gasteiger charge is 2.44. The fourth-order valence-electron chi connectivity index (χ4n) is 2.04. The maximum atomic E-state index is 12.7. The SMILES string of the molecule is Nc1ncc(S(=O)(=O)N2CCCC(C(F)(F)F)C2)cn1. The van der Waals surface area contributed by atoms with Crippen LogP contribution in [-0.4, -0.2) is 42.0 Å². The van der Waals surface area contributed by atoms with Crippen molar-refractivity contribution >= 4 is 16.0 Å². The number of aromatic nitrogens is 2. The quantitative estimate of drug-likeness (QED) is 0.881. The summed E-state index contributed by atoms with van der Waals surface area (Å²) in [5, 5.41) is 0. The van der Waals surface area contributed by atoms with Gasteiger partial charge in [-0.05, 0) is 12.8 Å². The highest BCUT2D eigenvalue weighted by Crippen LogP contribution is 2.34. The fourth-order valence-corrected chi connectivity index (χ4v) is 3.45. The van der Waals surface area contributed by atoms with Gasteiger partial charge in [0.25, 0.3) is 0 Å². The fraction of sp³-hybridized carbons (Fsp3) is 0.600. The van der Waals surface area contributed by atoms with E-state index in [0.717, 1.165) is 16.7 Å². The van der Waals surface area contributed by atoms with E-state index in [4.69, 9.17) is 5.73 Å². The summed E-state index contributed by atoms with van der Waals surface area (Å²) in [6.07, 6.45) is -2.30. The molecule has 0 amide bonds. The van der Waals surface area contributed by atoms with E-state index in [1.807, 2.05) is 0 Å². The molecule has 0 saturated carbocycles. The first-order valence-electron chi connectivity index (χ1n) is 5.85. The summed E-state index contributed by atoms with van der Waals surface area (Å²) in [5.74, 6) is -1.74. The Labute approximate surface area is 113 Å². The zero-order valence-electron chi connectivity index (χ0n) is 10.3. The number of nitrogens with zero attached hydrogens (tertiary/aromatic N) is 3. The van der Waals surface area contributed by atoms with Crippen LogP contribution < -0.4 is 5.73 Å². The molecule has 0 radical (unpaired) electrons. The van der Waals surface area contributed by atoms with E-state index < -0.39 is 28.7 Å². The molecule has 2 rings (SSSR count). The number of nitrogen functional groups attached to an aromatic ring is 1. The highest BCUT2D eigenvalue weighted by molar-refractivity contribution is 7.89. The third-order valence-electron chi connectivity index (χ3n) is 3.13. The molecular formula is C10H13F3N4O2S. The second kappa shape index (κ2) is 5.17. The van der Waals surface area contributed by atoms with Crippen LogP contribution in [0.1, 0.15) is 12.8 Å². The molecule has 112 valence electrons. The first-order chi connectivity index (χ1) is 9.21. The van der Waals surface area contributed by atoms with Gasteiger partial charge in [-0.2, -0.15) is 17.5 Å². The van der Waals surface area contributed by atoms with Gasteiger partial charge in [0, 0.05) is 13.1 Å². The molecule has 1 aliphatic rings. The van der Waals surface area contributed by atoms with E-state index in [2.05, 4.69) is 9.97 Å². The minimum absolute atomic E-state index is 0.0549. The first-order valence-corrected chi connectivity index (χ1v) is 7.29. The normalized spacial score (nSPS) is 21.9. The molecule has 0 spiro atoms. The minimum Gasteiger partial charge on any atom is -0.368 e. The molecule has 1 aromatic rings. The topological polar surface area (TPSA) is 89.2 Å². The highest BCUT2D eigenvalue weighted by atomic mass is 32.2. The van der Waals surface area contributed by atoms with Crippen molar-refractivity contribution in [3.05, 3.63) is 12.4 Å². The molecule has 1 fully saturated rings. The van der Waals surface area contributed by atoms with Gasteiger partial charge < -0.3 is 5.73 Å². The molecule has 6 nitrogen and oxygen atoms in total. The van der Waals surface area contributed by atoms with E-state index in [1.54, 1.807) is 0 Å². The predicted molar refractivity (Wildman–Crippen MR) is 64.0 cm³/mol. The number of rotatable bonds is 2. The van der Waals surface area contributed by atoms with Crippen molar-refractivity contribution in [2.45, 2.75) is 23.9 Å². The average molecular weight is 310 g/mol. The van der Waals surface area contributed by atoms with Gasteiger partial charge in [0.05, 0.1) is 18.3 Å². The van der Waals surface area contributed by atoms with Crippen LogP contribution in [-0.2, 0) is 10.0 Å². The van der Waals surface area contributed by atoms with Crippen LogP contribution in [0.25, 0.3) is 0 Å². The number of nitrogens with two attached hydrogens (primary N) is 1. The number of hydrogen-bond acceptors (Lipinski definition) is 5. The minimum atomic E-state index is -4.40. The number of anilines is 1. The summed E-state index contributed by atoms with van der Waals surface area (Å²) in [7, 11) is -4.02. The van der Waals surface area contributed by atoms with Crippen molar-refractivity contribution in [3.63, 3.8) is 0 Å². The summed E-state index contributed by atoms with van der Waals surface area (Å²) in [5.41, 5.74) is 5.25. The first kappa shape index (κ1) is 15.0. The molecule has 1 saturated heterocycles. The van der Waals surface area contributed by atoms with E-state index in [0.29, 0.717) is 0 Å². The Morgan fingerprint density at radius 2 is 1.90 bits per heavy atom. The second-order valence-corrected chi connectivity index (χ2v) is 6.46. The maximum absolute atomic E-state index is 12.7. The largest absolute Gasteiger partial charge is 0.393 e. The van der Waals surface area contributed by atoms with Crippen molar-refractivity contribution in [2.75, 3.05) is 18.8 Å². The summed E-state index contributed by atoms with van der Waals surface area (Å²) in [6, 6.07) is 0. The van der Waals surface area contributed by atoms with Crippen molar-refractivity contribution < 1.29 is 21.6 Å². The van der Waals surface area contributed by atoms with Gasteiger partial charge >= 0.3 is 6.18 Å². The lowest BCUT2D eigenvalue weighted by atomic mass is 9.99. The maximum Gasteiger partial charge on any atom is 0.393 e. The van der Waals surface area contributed by atoms with Crippen LogP contribution in [0.4, 0.5) is 19.1 Å². The summed E-state index contributed by atoms with van der Waals surface area (Å²) in [4.78, 5) is 6.84. The molecule has 1 aliphatic heterocycles. The number of alkyl halides is 3. The Kier molecular flexibility index (Phi) is 3.87. The molecule has 1 unspecified atom stereocenters. The third-order valence-corrected chi connectivity index (χ3v) is 4.95. The number of halogens is 3. The summed E-state index contributed by atoms with van der Waals surface area (Å²) < 4.78 is 63.3. The van der Waals surface area contributed by atoms with Gasteiger partial charge in [0.1, 0.15) is 4.90 Å². The molecule has 2 heterocycles. The lowest BCUT2D eigenvalue weighted by molar-refractivity contribution is -0.182. The van der Waals surface area contributed by atoms with E-state index in [9.17, 15) is 21.6 Å². The molecule has 0 aliphatic carbocycles. The third kappa shape index (κ3) is 3.01. The Morgan fingerprint density at radius 1 is 1.30 bits per heavy atom. The number of hydrogen-bond donors (Lipinski definition) is 1. The van der Waals surface area contributed by atoms with Gasteiger partial charge in [-0.15, -0.1) is 0 Å². The monoisotopic (exact) mass is 310 g/mol. The van der Waals surface area contributed by atoms with Crippen molar-refractivity contribution in [3.8, 4) is 0 Å². The van der Waals surface area contributed by atoms with Crippen molar-refractivity contribution in [1.82, 2.24) is 14.3 Å². The standard InChI is InChI=1S/C10H13F3N4O2S/c11-10(12,13)7-2-1-3-17(6-7)20(18,19)8-4-15-9(14)16-5-8/h4-5,7H,1-3,6H2,(H2,14,15,16).